The van der Waals surface area contributed by atoms with Crippen molar-refractivity contribution in [1.82, 2.24) is 19.6 Å². The van der Waals surface area contributed by atoms with Gasteiger partial charge in [0.25, 0.3) is 10.0 Å². The SMILES string of the molecule is CC(C)c1ccc(S(=O)(=O)N2CCN=C2N2CCN(CCNO)CC2)cc1. The van der Waals surface area contributed by atoms with E-state index in [2.05, 4.69) is 34.1 Å². The summed E-state index contributed by atoms with van der Waals surface area (Å²) in [5.74, 6) is 0.922. The van der Waals surface area contributed by atoms with Crippen molar-refractivity contribution in [3.05, 3.63) is 29.8 Å². The summed E-state index contributed by atoms with van der Waals surface area (Å²) in [6.45, 7) is 9.43. The molecule has 2 aliphatic heterocycles. The molecule has 2 aliphatic rings. The van der Waals surface area contributed by atoms with Gasteiger partial charge in [-0.2, -0.15) is 0 Å². The summed E-state index contributed by atoms with van der Waals surface area (Å²) < 4.78 is 27.7. The smallest absolute Gasteiger partial charge is 0.266 e. The van der Waals surface area contributed by atoms with Crippen molar-refractivity contribution in [1.29, 1.82) is 0 Å². The van der Waals surface area contributed by atoms with E-state index in [0.717, 1.165) is 38.3 Å². The molecule has 0 atom stereocenters. The van der Waals surface area contributed by atoms with Crippen LogP contribution >= 0.6 is 0 Å². The van der Waals surface area contributed by atoms with Crippen LogP contribution in [0.15, 0.2) is 34.2 Å². The average molecular weight is 396 g/mol. The first-order valence-electron chi connectivity index (χ1n) is 9.45. The van der Waals surface area contributed by atoms with Gasteiger partial charge in [0, 0.05) is 39.3 Å². The number of sulfonamides is 1. The van der Waals surface area contributed by atoms with Crippen LogP contribution in [0.1, 0.15) is 25.3 Å². The fourth-order valence-corrected chi connectivity index (χ4v) is 4.88. The summed E-state index contributed by atoms with van der Waals surface area (Å²) in [6, 6.07) is 7.16. The maximum Gasteiger partial charge on any atom is 0.266 e. The van der Waals surface area contributed by atoms with Gasteiger partial charge in [0.15, 0.2) is 0 Å². The van der Waals surface area contributed by atoms with Crippen molar-refractivity contribution in [3.63, 3.8) is 0 Å². The van der Waals surface area contributed by atoms with Crippen LogP contribution in [0.25, 0.3) is 0 Å². The lowest BCUT2D eigenvalue weighted by molar-refractivity contribution is 0.127. The Morgan fingerprint density at radius 1 is 1.11 bits per heavy atom. The summed E-state index contributed by atoms with van der Waals surface area (Å²) >= 11 is 0. The lowest BCUT2D eigenvalue weighted by Gasteiger charge is -2.37. The van der Waals surface area contributed by atoms with Crippen molar-refractivity contribution in [2.45, 2.75) is 24.7 Å². The van der Waals surface area contributed by atoms with Crippen LogP contribution in [0.5, 0.6) is 0 Å². The fourth-order valence-electron chi connectivity index (χ4n) is 3.44. The zero-order valence-electron chi connectivity index (χ0n) is 16.0. The highest BCUT2D eigenvalue weighted by atomic mass is 32.2. The van der Waals surface area contributed by atoms with Crippen LogP contribution in [-0.4, -0.2) is 86.0 Å². The molecule has 9 heteroatoms. The van der Waals surface area contributed by atoms with Gasteiger partial charge >= 0.3 is 0 Å². The molecule has 0 amide bonds. The monoisotopic (exact) mass is 395 g/mol. The second kappa shape index (κ2) is 8.55. The quantitative estimate of drug-likeness (QED) is 0.692. The largest absolute Gasteiger partial charge is 0.339 e. The van der Waals surface area contributed by atoms with E-state index in [1.54, 1.807) is 12.1 Å². The molecular formula is C18H29N5O3S. The Labute approximate surface area is 161 Å². The Kier molecular flexibility index (Phi) is 6.36. The van der Waals surface area contributed by atoms with Crippen molar-refractivity contribution in [2.24, 2.45) is 4.99 Å². The lowest BCUT2D eigenvalue weighted by Crippen LogP contribution is -2.54. The Bertz CT molecular complexity index is 756. The minimum atomic E-state index is -3.60. The van der Waals surface area contributed by atoms with Gasteiger partial charge in [-0.3, -0.25) is 9.89 Å². The van der Waals surface area contributed by atoms with E-state index in [1.165, 1.54) is 4.31 Å². The zero-order valence-corrected chi connectivity index (χ0v) is 16.8. The van der Waals surface area contributed by atoms with Crippen molar-refractivity contribution >= 4 is 16.0 Å². The maximum atomic E-state index is 13.1. The van der Waals surface area contributed by atoms with Gasteiger partial charge in [-0.15, -0.1) is 0 Å². The summed E-state index contributed by atoms with van der Waals surface area (Å²) in [7, 11) is -3.60. The molecule has 27 heavy (non-hydrogen) atoms. The summed E-state index contributed by atoms with van der Waals surface area (Å²) in [6.07, 6.45) is 0. The molecule has 0 aromatic heterocycles. The van der Waals surface area contributed by atoms with E-state index in [1.807, 2.05) is 12.1 Å². The van der Waals surface area contributed by atoms with Gasteiger partial charge in [-0.25, -0.2) is 18.2 Å². The normalized spacial score (nSPS) is 19.0. The minimum Gasteiger partial charge on any atom is -0.339 e. The van der Waals surface area contributed by atoms with Gasteiger partial charge < -0.3 is 10.1 Å². The van der Waals surface area contributed by atoms with Crippen molar-refractivity contribution in [2.75, 3.05) is 52.4 Å². The first-order valence-corrected chi connectivity index (χ1v) is 10.9. The van der Waals surface area contributed by atoms with Gasteiger partial charge in [0.2, 0.25) is 5.96 Å². The molecule has 0 saturated carbocycles. The minimum absolute atomic E-state index is 0.314. The Morgan fingerprint density at radius 3 is 2.37 bits per heavy atom. The number of hydrogen-bond acceptors (Lipinski definition) is 7. The first-order chi connectivity index (χ1) is 12.9. The molecule has 3 rings (SSSR count). The molecule has 1 aromatic rings. The molecule has 2 heterocycles. The average Bonchev–Trinajstić information content (AvgIpc) is 3.17. The van der Waals surface area contributed by atoms with Gasteiger partial charge in [0.1, 0.15) is 0 Å². The van der Waals surface area contributed by atoms with E-state index in [-0.39, 0.29) is 0 Å². The molecule has 1 saturated heterocycles. The van der Waals surface area contributed by atoms with Crippen molar-refractivity contribution in [3.8, 4) is 0 Å². The lowest BCUT2D eigenvalue weighted by atomic mass is 10.0. The second-order valence-corrected chi connectivity index (χ2v) is 9.08. The van der Waals surface area contributed by atoms with Crippen LogP contribution in [0.4, 0.5) is 0 Å². The third-order valence-electron chi connectivity index (χ3n) is 5.11. The highest BCUT2D eigenvalue weighted by Crippen LogP contribution is 2.23. The molecule has 0 bridgehead atoms. The van der Waals surface area contributed by atoms with E-state index in [9.17, 15) is 8.42 Å². The second-order valence-electron chi connectivity index (χ2n) is 7.22. The molecule has 0 radical (unpaired) electrons. The molecule has 0 spiro atoms. The molecule has 1 fully saturated rings. The standard InChI is InChI=1S/C18H29N5O3S/c1-15(2)16-3-5-17(6-4-16)27(25,26)23-10-7-19-18(23)22-13-11-21(12-14-22)9-8-20-24/h3-6,15,20,24H,7-14H2,1-2H3. The Morgan fingerprint density at radius 2 is 1.78 bits per heavy atom. The Balaban J connectivity index is 1.70. The molecule has 8 nitrogen and oxygen atoms in total. The van der Waals surface area contributed by atoms with Gasteiger partial charge in [-0.05, 0) is 23.6 Å². The third kappa shape index (κ3) is 4.43. The summed E-state index contributed by atoms with van der Waals surface area (Å²) in [5.41, 5.74) is 3.29. The van der Waals surface area contributed by atoms with E-state index >= 15 is 0 Å². The number of piperazine rings is 1. The fraction of sp³-hybridized carbons (Fsp3) is 0.611. The van der Waals surface area contributed by atoms with Crippen LogP contribution in [-0.2, 0) is 10.0 Å². The van der Waals surface area contributed by atoms with Gasteiger partial charge in [-0.1, -0.05) is 26.0 Å². The summed E-state index contributed by atoms with van der Waals surface area (Å²) in [5, 5.41) is 8.72. The molecular weight excluding hydrogens is 366 g/mol. The predicted molar refractivity (Wildman–Crippen MR) is 105 cm³/mol. The highest BCUT2D eigenvalue weighted by molar-refractivity contribution is 7.89. The number of nitrogens with one attached hydrogen (secondary N) is 1. The van der Waals surface area contributed by atoms with Crippen molar-refractivity contribution < 1.29 is 13.6 Å². The molecule has 2 N–H and O–H groups in total. The molecule has 1 aromatic carbocycles. The van der Waals surface area contributed by atoms with Crippen LogP contribution < -0.4 is 5.48 Å². The first kappa shape index (κ1) is 20.1. The van der Waals surface area contributed by atoms with E-state index in [4.69, 9.17) is 5.21 Å². The number of nitrogens with zero attached hydrogens (tertiary/aromatic N) is 4. The topological polar surface area (TPSA) is 88.5 Å². The maximum absolute atomic E-state index is 13.1. The molecule has 0 aliphatic carbocycles. The number of hydrogen-bond donors (Lipinski definition) is 2. The highest BCUT2D eigenvalue weighted by Gasteiger charge is 2.34. The third-order valence-corrected chi connectivity index (χ3v) is 6.90. The number of benzene rings is 1. The number of hydroxylamine groups is 1. The number of aliphatic imine (C=N–C) groups is 1. The summed E-state index contributed by atoms with van der Waals surface area (Å²) in [4.78, 5) is 9.08. The predicted octanol–water partition coefficient (Wildman–Crippen LogP) is 0.767. The Hall–Kier alpha value is -1.68. The van der Waals surface area contributed by atoms with E-state index < -0.39 is 10.0 Å². The van der Waals surface area contributed by atoms with Crippen LogP contribution in [0, 0.1) is 0 Å². The zero-order chi connectivity index (χ0) is 19.4. The van der Waals surface area contributed by atoms with Crippen LogP contribution in [0.2, 0.25) is 0 Å². The van der Waals surface area contributed by atoms with Gasteiger partial charge in [0.05, 0.1) is 18.0 Å². The van der Waals surface area contributed by atoms with Crippen LogP contribution in [0.3, 0.4) is 0 Å². The molecule has 0 unspecified atom stereocenters. The number of guanidine groups is 1. The van der Waals surface area contributed by atoms with E-state index in [0.29, 0.717) is 36.4 Å². The molecule has 150 valence electrons. The number of rotatable bonds is 6.